The molecule has 4 nitrogen and oxygen atoms in total. The second-order valence-corrected chi connectivity index (χ2v) is 6.31. The standard InChI is InChI=1S/C18H23FN4/c1-14-11-20-18(21-12-14)22(2)17-6-8-23(9-7-17)13-15-4-3-5-16(19)10-15/h3-5,10-12,17H,6-9,13H2,1-2H3. The molecule has 2 aromatic rings. The molecule has 0 unspecified atom stereocenters. The van der Waals surface area contributed by atoms with Crippen LogP contribution in [-0.2, 0) is 6.54 Å². The fraction of sp³-hybridized carbons (Fsp3) is 0.444. The van der Waals surface area contributed by atoms with Crippen molar-refractivity contribution in [2.45, 2.75) is 32.4 Å². The summed E-state index contributed by atoms with van der Waals surface area (Å²) in [4.78, 5) is 13.4. The summed E-state index contributed by atoms with van der Waals surface area (Å²) in [6, 6.07) is 7.34. The molecule has 23 heavy (non-hydrogen) atoms. The number of benzene rings is 1. The van der Waals surface area contributed by atoms with Crippen LogP contribution in [0.2, 0.25) is 0 Å². The van der Waals surface area contributed by atoms with Crippen LogP contribution < -0.4 is 4.90 Å². The molecule has 1 fully saturated rings. The molecule has 0 N–H and O–H groups in total. The molecule has 0 atom stereocenters. The average Bonchev–Trinajstić information content (AvgIpc) is 2.56. The van der Waals surface area contributed by atoms with Crippen molar-refractivity contribution in [2.24, 2.45) is 0 Å². The van der Waals surface area contributed by atoms with Crippen molar-refractivity contribution in [1.29, 1.82) is 0 Å². The number of hydrogen-bond donors (Lipinski definition) is 0. The summed E-state index contributed by atoms with van der Waals surface area (Å²) in [5.74, 6) is 0.632. The van der Waals surface area contributed by atoms with Gasteiger partial charge < -0.3 is 4.90 Å². The molecule has 0 spiro atoms. The van der Waals surface area contributed by atoms with E-state index in [0.717, 1.165) is 49.6 Å². The third-order valence-electron chi connectivity index (χ3n) is 4.48. The Morgan fingerprint density at radius 3 is 2.57 bits per heavy atom. The van der Waals surface area contributed by atoms with Gasteiger partial charge in [0.05, 0.1) is 0 Å². The second-order valence-electron chi connectivity index (χ2n) is 6.31. The molecule has 2 heterocycles. The first-order valence-corrected chi connectivity index (χ1v) is 8.10. The topological polar surface area (TPSA) is 32.3 Å². The van der Waals surface area contributed by atoms with Crippen molar-refractivity contribution in [1.82, 2.24) is 14.9 Å². The summed E-state index contributed by atoms with van der Waals surface area (Å²) in [6.07, 6.45) is 5.86. The minimum absolute atomic E-state index is 0.159. The SMILES string of the molecule is Cc1cnc(N(C)C2CCN(Cc3cccc(F)c3)CC2)nc1. The van der Waals surface area contributed by atoms with Crippen LogP contribution in [0.4, 0.5) is 10.3 Å². The van der Waals surface area contributed by atoms with Gasteiger partial charge in [0, 0.05) is 45.1 Å². The van der Waals surface area contributed by atoms with Crippen LogP contribution in [0.25, 0.3) is 0 Å². The molecule has 1 saturated heterocycles. The first-order valence-electron chi connectivity index (χ1n) is 8.10. The molecule has 0 radical (unpaired) electrons. The van der Waals surface area contributed by atoms with Gasteiger partial charge in [-0.2, -0.15) is 0 Å². The summed E-state index contributed by atoms with van der Waals surface area (Å²) in [7, 11) is 2.07. The maximum absolute atomic E-state index is 13.3. The first kappa shape index (κ1) is 15.9. The maximum atomic E-state index is 13.3. The van der Waals surface area contributed by atoms with Crippen LogP contribution in [-0.4, -0.2) is 41.0 Å². The predicted molar refractivity (Wildman–Crippen MR) is 89.9 cm³/mol. The lowest BCUT2D eigenvalue weighted by Crippen LogP contribution is -2.43. The van der Waals surface area contributed by atoms with Crippen LogP contribution in [0.15, 0.2) is 36.7 Å². The lowest BCUT2D eigenvalue weighted by molar-refractivity contribution is 0.202. The fourth-order valence-corrected chi connectivity index (χ4v) is 3.09. The summed E-state index contributed by atoms with van der Waals surface area (Å²) in [6.45, 7) is 4.83. The van der Waals surface area contributed by atoms with Crippen molar-refractivity contribution >= 4 is 5.95 Å². The zero-order chi connectivity index (χ0) is 16.2. The molecular weight excluding hydrogens is 291 g/mol. The molecule has 122 valence electrons. The number of aryl methyl sites for hydroxylation is 1. The highest BCUT2D eigenvalue weighted by Gasteiger charge is 2.23. The van der Waals surface area contributed by atoms with Crippen molar-refractivity contribution < 1.29 is 4.39 Å². The predicted octanol–water partition coefficient (Wildman–Crippen LogP) is 3.02. The van der Waals surface area contributed by atoms with E-state index < -0.39 is 0 Å². The molecule has 1 aliphatic rings. The van der Waals surface area contributed by atoms with E-state index in [1.54, 1.807) is 12.1 Å². The number of aromatic nitrogens is 2. The Kier molecular flexibility index (Phi) is 4.86. The smallest absolute Gasteiger partial charge is 0.225 e. The van der Waals surface area contributed by atoms with Gasteiger partial charge >= 0.3 is 0 Å². The van der Waals surface area contributed by atoms with Crippen molar-refractivity contribution in [2.75, 3.05) is 25.0 Å². The van der Waals surface area contributed by atoms with Gasteiger partial charge in [-0.1, -0.05) is 12.1 Å². The van der Waals surface area contributed by atoms with Crippen molar-refractivity contribution in [3.05, 3.63) is 53.6 Å². The van der Waals surface area contributed by atoms with Crippen LogP contribution in [0.3, 0.4) is 0 Å². The Balaban J connectivity index is 1.54. The molecule has 5 heteroatoms. The Hall–Kier alpha value is -2.01. The molecule has 1 aromatic carbocycles. The molecule has 0 amide bonds. The Bertz CT molecular complexity index is 636. The minimum atomic E-state index is -0.159. The van der Waals surface area contributed by atoms with Crippen LogP contribution in [0.5, 0.6) is 0 Å². The van der Waals surface area contributed by atoms with Gasteiger partial charge in [0.2, 0.25) is 5.95 Å². The van der Waals surface area contributed by atoms with Gasteiger partial charge in [0.25, 0.3) is 0 Å². The van der Waals surface area contributed by atoms with Crippen LogP contribution >= 0.6 is 0 Å². The summed E-state index contributed by atoms with van der Waals surface area (Å²) in [5, 5.41) is 0. The number of rotatable bonds is 4. The molecule has 0 aliphatic carbocycles. The fourth-order valence-electron chi connectivity index (χ4n) is 3.09. The van der Waals surface area contributed by atoms with Crippen molar-refractivity contribution in [3.8, 4) is 0 Å². The Morgan fingerprint density at radius 1 is 1.22 bits per heavy atom. The number of piperidine rings is 1. The number of likely N-dealkylation sites (tertiary alicyclic amines) is 1. The van der Waals surface area contributed by atoms with Crippen LogP contribution in [0.1, 0.15) is 24.0 Å². The highest BCUT2D eigenvalue weighted by molar-refractivity contribution is 5.30. The number of nitrogens with zero attached hydrogens (tertiary/aromatic N) is 4. The Morgan fingerprint density at radius 2 is 1.91 bits per heavy atom. The van der Waals surface area contributed by atoms with E-state index in [9.17, 15) is 4.39 Å². The zero-order valence-electron chi connectivity index (χ0n) is 13.7. The quantitative estimate of drug-likeness (QED) is 0.868. The van der Waals surface area contributed by atoms with Gasteiger partial charge in [-0.25, -0.2) is 14.4 Å². The van der Waals surface area contributed by atoms with E-state index in [0.29, 0.717) is 6.04 Å². The van der Waals surface area contributed by atoms with E-state index in [-0.39, 0.29) is 5.82 Å². The zero-order valence-corrected chi connectivity index (χ0v) is 13.7. The van der Waals surface area contributed by atoms with E-state index in [1.165, 1.54) is 6.07 Å². The van der Waals surface area contributed by atoms with Gasteiger partial charge in [-0.3, -0.25) is 4.90 Å². The number of halogens is 1. The van der Waals surface area contributed by atoms with Crippen molar-refractivity contribution in [3.63, 3.8) is 0 Å². The summed E-state index contributed by atoms with van der Waals surface area (Å²) >= 11 is 0. The molecule has 1 aliphatic heterocycles. The largest absolute Gasteiger partial charge is 0.341 e. The van der Waals surface area contributed by atoms with Crippen LogP contribution in [0, 0.1) is 12.7 Å². The van der Waals surface area contributed by atoms with E-state index in [2.05, 4.69) is 26.8 Å². The number of hydrogen-bond acceptors (Lipinski definition) is 4. The molecule has 0 bridgehead atoms. The lowest BCUT2D eigenvalue weighted by atomic mass is 10.0. The van der Waals surface area contributed by atoms with Gasteiger partial charge in [-0.05, 0) is 43.0 Å². The third kappa shape index (κ3) is 4.05. The second kappa shape index (κ2) is 7.04. The van der Waals surface area contributed by atoms with Gasteiger partial charge in [-0.15, -0.1) is 0 Å². The monoisotopic (exact) mass is 314 g/mol. The minimum Gasteiger partial charge on any atom is -0.341 e. The molecule has 1 aromatic heterocycles. The first-order chi connectivity index (χ1) is 11.1. The average molecular weight is 314 g/mol. The van der Waals surface area contributed by atoms with E-state index >= 15 is 0 Å². The highest BCUT2D eigenvalue weighted by Crippen LogP contribution is 2.20. The van der Waals surface area contributed by atoms with E-state index in [4.69, 9.17) is 0 Å². The maximum Gasteiger partial charge on any atom is 0.225 e. The number of anilines is 1. The highest BCUT2D eigenvalue weighted by atomic mass is 19.1. The third-order valence-corrected chi connectivity index (χ3v) is 4.48. The molecule has 0 saturated carbocycles. The van der Waals surface area contributed by atoms with Gasteiger partial charge in [0.1, 0.15) is 5.82 Å². The summed E-state index contributed by atoms with van der Waals surface area (Å²) in [5.41, 5.74) is 2.12. The Labute approximate surface area is 137 Å². The normalized spacial score (nSPS) is 16.5. The van der Waals surface area contributed by atoms with E-state index in [1.807, 2.05) is 25.4 Å². The van der Waals surface area contributed by atoms with Gasteiger partial charge in [0.15, 0.2) is 0 Å². The molecule has 3 rings (SSSR count). The molecular formula is C18H23FN4. The lowest BCUT2D eigenvalue weighted by Gasteiger charge is -2.36. The summed E-state index contributed by atoms with van der Waals surface area (Å²) < 4.78 is 13.3.